The quantitative estimate of drug-likeness (QED) is 0.801. The summed E-state index contributed by atoms with van der Waals surface area (Å²) in [4.78, 5) is 2.23. The van der Waals surface area contributed by atoms with Gasteiger partial charge in [-0.15, -0.1) is 0 Å². The standard InChI is InChI=1S/C13H19NO/c1-10-6-3-4-7-11(10)14(2)12-8-5-9-13(12)15/h3-4,6-7,12-13,15H,5,8-9H2,1-2H3/t12-,13-/m0/s1. The molecule has 0 spiro atoms. The third-order valence-electron chi connectivity index (χ3n) is 3.44. The van der Waals surface area contributed by atoms with Crippen LogP contribution in [0.2, 0.25) is 0 Å². The molecule has 0 bridgehead atoms. The van der Waals surface area contributed by atoms with Crippen molar-refractivity contribution >= 4 is 5.69 Å². The Morgan fingerprint density at radius 3 is 2.60 bits per heavy atom. The first-order valence-corrected chi connectivity index (χ1v) is 5.66. The molecular formula is C13H19NO. The van der Waals surface area contributed by atoms with Gasteiger partial charge in [-0.25, -0.2) is 0 Å². The molecule has 15 heavy (non-hydrogen) atoms. The molecule has 0 radical (unpaired) electrons. The van der Waals surface area contributed by atoms with E-state index in [9.17, 15) is 5.11 Å². The van der Waals surface area contributed by atoms with Gasteiger partial charge in [0.15, 0.2) is 0 Å². The zero-order valence-corrected chi connectivity index (χ0v) is 9.48. The molecule has 2 heteroatoms. The maximum Gasteiger partial charge on any atom is 0.0743 e. The van der Waals surface area contributed by atoms with Crippen LogP contribution in [-0.2, 0) is 0 Å². The SMILES string of the molecule is Cc1ccccc1N(C)[C@H]1CCC[C@@H]1O. The number of para-hydroxylation sites is 1. The van der Waals surface area contributed by atoms with E-state index < -0.39 is 0 Å². The lowest BCUT2D eigenvalue weighted by atomic mass is 10.1. The molecule has 0 aliphatic heterocycles. The highest BCUT2D eigenvalue weighted by molar-refractivity contribution is 5.53. The lowest BCUT2D eigenvalue weighted by molar-refractivity contribution is 0.163. The zero-order chi connectivity index (χ0) is 10.8. The predicted molar refractivity (Wildman–Crippen MR) is 63.2 cm³/mol. The van der Waals surface area contributed by atoms with Crippen molar-refractivity contribution in [1.29, 1.82) is 0 Å². The maximum atomic E-state index is 9.87. The minimum atomic E-state index is -0.158. The van der Waals surface area contributed by atoms with Crippen molar-refractivity contribution in [3.05, 3.63) is 29.8 Å². The Hall–Kier alpha value is -1.02. The van der Waals surface area contributed by atoms with Gasteiger partial charge in [0.2, 0.25) is 0 Å². The fourth-order valence-electron chi connectivity index (χ4n) is 2.51. The lowest BCUT2D eigenvalue weighted by Crippen LogP contribution is -2.37. The van der Waals surface area contributed by atoms with E-state index in [1.807, 2.05) is 0 Å². The van der Waals surface area contributed by atoms with E-state index in [4.69, 9.17) is 0 Å². The third kappa shape index (κ3) is 2.00. The predicted octanol–water partition coefficient (Wildman–Crippen LogP) is 2.34. The van der Waals surface area contributed by atoms with Crippen LogP contribution in [0.15, 0.2) is 24.3 Å². The van der Waals surface area contributed by atoms with Crippen LogP contribution in [-0.4, -0.2) is 24.3 Å². The van der Waals surface area contributed by atoms with Crippen molar-refractivity contribution in [3.63, 3.8) is 0 Å². The number of rotatable bonds is 2. The first-order chi connectivity index (χ1) is 7.20. The van der Waals surface area contributed by atoms with Gasteiger partial charge >= 0.3 is 0 Å². The molecule has 1 aromatic rings. The summed E-state index contributed by atoms with van der Waals surface area (Å²) in [6.45, 7) is 2.12. The van der Waals surface area contributed by atoms with Crippen molar-refractivity contribution in [2.45, 2.75) is 38.3 Å². The number of aryl methyl sites for hydroxylation is 1. The molecule has 0 saturated heterocycles. The highest BCUT2D eigenvalue weighted by Gasteiger charge is 2.29. The first kappa shape index (κ1) is 10.5. The van der Waals surface area contributed by atoms with Crippen molar-refractivity contribution in [1.82, 2.24) is 0 Å². The highest BCUT2D eigenvalue weighted by atomic mass is 16.3. The van der Waals surface area contributed by atoms with Crippen LogP contribution < -0.4 is 4.90 Å². The lowest BCUT2D eigenvalue weighted by Gasteiger charge is -2.30. The summed E-state index contributed by atoms with van der Waals surface area (Å²) in [6, 6.07) is 8.65. The summed E-state index contributed by atoms with van der Waals surface area (Å²) in [5.41, 5.74) is 2.52. The Balaban J connectivity index is 2.20. The Kier molecular flexibility index (Phi) is 2.96. The number of likely N-dealkylation sites (N-methyl/N-ethyl adjacent to an activating group) is 1. The summed E-state index contributed by atoms with van der Waals surface area (Å²) < 4.78 is 0. The topological polar surface area (TPSA) is 23.5 Å². The van der Waals surface area contributed by atoms with Crippen LogP contribution in [0.5, 0.6) is 0 Å². The molecule has 1 saturated carbocycles. The molecule has 0 heterocycles. The van der Waals surface area contributed by atoms with E-state index >= 15 is 0 Å². The Labute approximate surface area is 91.5 Å². The monoisotopic (exact) mass is 205 g/mol. The second-order valence-corrected chi connectivity index (χ2v) is 4.46. The molecule has 0 amide bonds. The van der Waals surface area contributed by atoms with Gasteiger partial charge in [-0.3, -0.25) is 0 Å². The van der Waals surface area contributed by atoms with E-state index in [-0.39, 0.29) is 6.10 Å². The molecule has 1 N–H and O–H groups in total. The third-order valence-corrected chi connectivity index (χ3v) is 3.44. The smallest absolute Gasteiger partial charge is 0.0743 e. The zero-order valence-electron chi connectivity index (χ0n) is 9.48. The van der Waals surface area contributed by atoms with Crippen molar-refractivity contribution in [2.24, 2.45) is 0 Å². The summed E-state index contributed by atoms with van der Waals surface area (Å²) in [5, 5.41) is 9.87. The summed E-state index contributed by atoms with van der Waals surface area (Å²) in [6.07, 6.45) is 3.03. The fourth-order valence-corrected chi connectivity index (χ4v) is 2.51. The molecule has 2 nitrogen and oxygen atoms in total. The molecule has 1 fully saturated rings. The minimum absolute atomic E-state index is 0.158. The van der Waals surface area contributed by atoms with Gasteiger partial charge in [0.25, 0.3) is 0 Å². The molecule has 1 aromatic carbocycles. The van der Waals surface area contributed by atoms with Gasteiger partial charge < -0.3 is 10.0 Å². The van der Waals surface area contributed by atoms with E-state index in [0.717, 1.165) is 19.3 Å². The van der Waals surface area contributed by atoms with Crippen LogP contribution >= 0.6 is 0 Å². The number of hydrogen-bond donors (Lipinski definition) is 1. The molecule has 0 aromatic heterocycles. The van der Waals surface area contributed by atoms with Gasteiger partial charge in [-0.05, 0) is 37.8 Å². The summed E-state index contributed by atoms with van der Waals surface area (Å²) in [5.74, 6) is 0. The average Bonchev–Trinajstić information content (AvgIpc) is 2.64. The van der Waals surface area contributed by atoms with Gasteiger partial charge in [0.1, 0.15) is 0 Å². The molecule has 1 aliphatic rings. The van der Waals surface area contributed by atoms with Gasteiger partial charge in [0, 0.05) is 12.7 Å². The number of hydrogen-bond acceptors (Lipinski definition) is 2. The van der Waals surface area contributed by atoms with Gasteiger partial charge in [-0.2, -0.15) is 0 Å². The second kappa shape index (κ2) is 4.23. The number of aliphatic hydroxyl groups is 1. The molecule has 2 atom stereocenters. The number of aliphatic hydroxyl groups excluding tert-OH is 1. The normalized spacial score (nSPS) is 25.5. The van der Waals surface area contributed by atoms with E-state index in [1.165, 1.54) is 11.3 Å². The van der Waals surface area contributed by atoms with Crippen molar-refractivity contribution in [2.75, 3.05) is 11.9 Å². The van der Waals surface area contributed by atoms with Crippen LogP contribution in [0, 0.1) is 6.92 Å². The number of anilines is 1. The van der Waals surface area contributed by atoms with Crippen molar-refractivity contribution < 1.29 is 5.11 Å². The Morgan fingerprint density at radius 2 is 2.00 bits per heavy atom. The molecule has 0 unspecified atom stereocenters. The Bertz CT molecular complexity index is 337. The van der Waals surface area contributed by atoms with Gasteiger partial charge in [0.05, 0.1) is 12.1 Å². The minimum Gasteiger partial charge on any atom is -0.391 e. The fraction of sp³-hybridized carbons (Fsp3) is 0.538. The van der Waals surface area contributed by atoms with Crippen LogP contribution in [0.1, 0.15) is 24.8 Å². The van der Waals surface area contributed by atoms with E-state index in [1.54, 1.807) is 0 Å². The van der Waals surface area contributed by atoms with E-state index in [0.29, 0.717) is 6.04 Å². The van der Waals surface area contributed by atoms with Crippen LogP contribution in [0.4, 0.5) is 5.69 Å². The summed E-state index contributed by atoms with van der Waals surface area (Å²) in [7, 11) is 2.08. The Morgan fingerprint density at radius 1 is 1.27 bits per heavy atom. The average molecular weight is 205 g/mol. The largest absolute Gasteiger partial charge is 0.391 e. The summed E-state index contributed by atoms with van der Waals surface area (Å²) >= 11 is 0. The van der Waals surface area contributed by atoms with Crippen molar-refractivity contribution in [3.8, 4) is 0 Å². The highest BCUT2D eigenvalue weighted by Crippen LogP contribution is 2.28. The van der Waals surface area contributed by atoms with E-state index in [2.05, 4.69) is 43.1 Å². The molecule has 2 rings (SSSR count). The van der Waals surface area contributed by atoms with Crippen LogP contribution in [0.25, 0.3) is 0 Å². The molecular weight excluding hydrogens is 186 g/mol. The number of nitrogens with zero attached hydrogens (tertiary/aromatic N) is 1. The second-order valence-electron chi connectivity index (χ2n) is 4.46. The molecule has 82 valence electrons. The number of benzene rings is 1. The molecule has 1 aliphatic carbocycles. The van der Waals surface area contributed by atoms with Gasteiger partial charge in [-0.1, -0.05) is 18.2 Å². The van der Waals surface area contributed by atoms with Crippen LogP contribution in [0.3, 0.4) is 0 Å². The first-order valence-electron chi connectivity index (χ1n) is 5.66. The maximum absolute atomic E-state index is 9.87.